The van der Waals surface area contributed by atoms with E-state index in [4.69, 9.17) is 4.99 Å². The second-order valence-corrected chi connectivity index (χ2v) is 6.86. The van der Waals surface area contributed by atoms with Gasteiger partial charge in [0.15, 0.2) is 5.96 Å². The molecule has 0 aliphatic heterocycles. The molecule has 2 rings (SSSR count). The summed E-state index contributed by atoms with van der Waals surface area (Å²) in [4.78, 5) is 7.03. The maximum atomic E-state index is 4.73. The van der Waals surface area contributed by atoms with Crippen molar-refractivity contribution in [1.82, 2.24) is 20.4 Å². The zero-order valence-electron chi connectivity index (χ0n) is 17.8. The van der Waals surface area contributed by atoms with Crippen LogP contribution in [0.4, 0.5) is 5.69 Å². The van der Waals surface area contributed by atoms with Gasteiger partial charge in [0, 0.05) is 50.7 Å². The largest absolute Gasteiger partial charge is 0.375 e. The zero-order valence-corrected chi connectivity index (χ0v) is 20.2. The summed E-state index contributed by atoms with van der Waals surface area (Å²) in [6, 6.07) is 10.5. The van der Waals surface area contributed by atoms with Gasteiger partial charge in [-0.15, -0.1) is 24.0 Å². The Hall–Kier alpha value is -1.77. The first-order valence-electron chi connectivity index (χ1n) is 9.80. The Kier molecular flexibility index (Phi) is 11.0. The Balaban J connectivity index is 0.00000392. The lowest BCUT2D eigenvalue weighted by molar-refractivity contribution is 0.686. The molecule has 0 fully saturated rings. The van der Waals surface area contributed by atoms with Crippen molar-refractivity contribution < 1.29 is 0 Å². The van der Waals surface area contributed by atoms with E-state index >= 15 is 0 Å². The number of aliphatic imine (C=N–C) groups is 1. The summed E-state index contributed by atoms with van der Waals surface area (Å²) < 4.78 is 1.92. The van der Waals surface area contributed by atoms with E-state index in [0.29, 0.717) is 6.54 Å². The fourth-order valence-corrected chi connectivity index (χ4v) is 3.04. The average Bonchev–Trinajstić information content (AvgIpc) is 2.91. The van der Waals surface area contributed by atoms with Crippen molar-refractivity contribution in [3.63, 3.8) is 0 Å². The van der Waals surface area contributed by atoms with Crippen molar-refractivity contribution in [2.45, 2.75) is 40.2 Å². The Labute approximate surface area is 186 Å². The molecule has 0 amide bonds. The number of guanidine groups is 1. The highest BCUT2D eigenvalue weighted by molar-refractivity contribution is 14.0. The fraction of sp³-hybridized carbons (Fsp3) is 0.524. The van der Waals surface area contributed by atoms with Gasteiger partial charge in [0.1, 0.15) is 0 Å². The minimum Gasteiger partial charge on any atom is -0.375 e. The van der Waals surface area contributed by atoms with E-state index in [1.807, 2.05) is 18.7 Å². The summed E-state index contributed by atoms with van der Waals surface area (Å²) in [7, 11) is 4.12. The average molecular weight is 498 g/mol. The third-order valence-electron chi connectivity index (χ3n) is 4.81. The van der Waals surface area contributed by atoms with Crippen LogP contribution >= 0.6 is 24.0 Å². The summed E-state index contributed by atoms with van der Waals surface area (Å²) in [5, 5.41) is 11.2. The number of aromatic nitrogens is 2. The Morgan fingerprint density at radius 1 is 1.14 bits per heavy atom. The zero-order chi connectivity index (χ0) is 19.6. The van der Waals surface area contributed by atoms with Crippen molar-refractivity contribution in [3.05, 3.63) is 47.3 Å². The van der Waals surface area contributed by atoms with Crippen LogP contribution in [-0.4, -0.2) is 42.4 Å². The van der Waals surface area contributed by atoms with Crippen LogP contribution in [0.15, 0.2) is 35.3 Å². The maximum absolute atomic E-state index is 4.73. The van der Waals surface area contributed by atoms with Crippen LogP contribution in [0.5, 0.6) is 0 Å². The molecule has 0 radical (unpaired) electrons. The van der Waals surface area contributed by atoms with Gasteiger partial charge in [-0.3, -0.25) is 4.68 Å². The monoisotopic (exact) mass is 498 g/mol. The SMILES string of the molecule is CCNC(=NCc1c(C)nn(C)c1C)NCCCCN(C)c1ccccc1.I. The van der Waals surface area contributed by atoms with E-state index in [0.717, 1.165) is 44.1 Å². The van der Waals surface area contributed by atoms with Gasteiger partial charge in [0.05, 0.1) is 12.2 Å². The molecule has 0 atom stereocenters. The van der Waals surface area contributed by atoms with Crippen LogP contribution < -0.4 is 15.5 Å². The maximum Gasteiger partial charge on any atom is 0.191 e. The van der Waals surface area contributed by atoms with Gasteiger partial charge >= 0.3 is 0 Å². The number of anilines is 1. The molecule has 0 spiro atoms. The summed E-state index contributed by atoms with van der Waals surface area (Å²) in [5.41, 5.74) is 4.70. The van der Waals surface area contributed by atoms with Crippen LogP contribution in [0.2, 0.25) is 0 Å². The molecule has 28 heavy (non-hydrogen) atoms. The first-order chi connectivity index (χ1) is 13.0. The number of halogens is 1. The van der Waals surface area contributed by atoms with Crippen LogP contribution in [-0.2, 0) is 13.6 Å². The first-order valence-corrected chi connectivity index (χ1v) is 9.80. The molecule has 0 aliphatic carbocycles. The number of para-hydroxylation sites is 1. The summed E-state index contributed by atoms with van der Waals surface area (Å²) in [6.07, 6.45) is 2.24. The lowest BCUT2D eigenvalue weighted by Crippen LogP contribution is -2.38. The van der Waals surface area contributed by atoms with Crippen molar-refractivity contribution in [1.29, 1.82) is 0 Å². The van der Waals surface area contributed by atoms with E-state index in [-0.39, 0.29) is 24.0 Å². The van der Waals surface area contributed by atoms with E-state index < -0.39 is 0 Å². The van der Waals surface area contributed by atoms with Crippen molar-refractivity contribution in [2.24, 2.45) is 12.0 Å². The van der Waals surface area contributed by atoms with Crippen molar-refractivity contribution >= 4 is 35.6 Å². The minimum absolute atomic E-state index is 0. The molecule has 0 aliphatic rings. The van der Waals surface area contributed by atoms with Crippen LogP contribution in [0.25, 0.3) is 0 Å². The van der Waals surface area contributed by atoms with Crippen molar-refractivity contribution in [3.8, 4) is 0 Å². The molecule has 7 heteroatoms. The molecule has 2 aromatic rings. The number of rotatable bonds is 9. The van der Waals surface area contributed by atoms with Gasteiger partial charge in [0.2, 0.25) is 0 Å². The fourth-order valence-electron chi connectivity index (χ4n) is 3.04. The van der Waals surface area contributed by atoms with Gasteiger partial charge in [-0.05, 0) is 45.7 Å². The van der Waals surface area contributed by atoms with Gasteiger partial charge in [-0.25, -0.2) is 4.99 Å². The minimum atomic E-state index is 0. The summed E-state index contributed by atoms with van der Waals surface area (Å²) >= 11 is 0. The molecule has 156 valence electrons. The number of hydrogen-bond donors (Lipinski definition) is 2. The van der Waals surface area contributed by atoms with Gasteiger partial charge in [-0.1, -0.05) is 18.2 Å². The Morgan fingerprint density at radius 3 is 2.46 bits per heavy atom. The lowest BCUT2D eigenvalue weighted by Gasteiger charge is -2.19. The molecular formula is C21H35IN6. The van der Waals surface area contributed by atoms with Gasteiger partial charge in [0.25, 0.3) is 0 Å². The van der Waals surface area contributed by atoms with E-state index in [1.54, 1.807) is 0 Å². The van der Waals surface area contributed by atoms with E-state index in [2.05, 4.69) is 71.9 Å². The topological polar surface area (TPSA) is 57.5 Å². The quantitative estimate of drug-likeness (QED) is 0.240. The molecule has 1 heterocycles. The normalized spacial score (nSPS) is 11.1. The van der Waals surface area contributed by atoms with Crippen LogP contribution in [0.3, 0.4) is 0 Å². The Morgan fingerprint density at radius 2 is 1.86 bits per heavy atom. The number of nitrogens with zero attached hydrogens (tertiary/aromatic N) is 4. The number of benzene rings is 1. The molecule has 0 saturated carbocycles. The molecule has 2 N–H and O–H groups in total. The predicted molar refractivity (Wildman–Crippen MR) is 130 cm³/mol. The molecule has 1 aromatic carbocycles. The molecule has 1 aromatic heterocycles. The molecule has 0 bridgehead atoms. The molecule has 0 saturated heterocycles. The van der Waals surface area contributed by atoms with Crippen LogP contribution in [0.1, 0.15) is 36.7 Å². The first kappa shape index (κ1) is 24.3. The smallest absolute Gasteiger partial charge is 0.191 e. The number of unbranched alkanes of at least 4 members (excludes halogenated alkanes) is 1. The second kappa shape index (κ2) is 12.6. The third kappa shape index (κ3) is 7.33. The number of aryl methyl sites for hydroxylation is 2. The number of nitrogens with one attached hydrogen (secondary N) is 2. The standard InChI is InChI=1S/C21H34N6.HI/c1-6-22-21(24-16-20-17(2)25-27(5)18(20)3)23-14-10-11-15-26(4)19-12-8-7-9-13-19;/h7-9,12-13H,6,10-11,14-16H2,1-5H3,(H2,22,23,24);1H. The highest BCUT2D eigenvalue weighted by atomic mass is 127. The van der Waals surface area contributed by atoms with Gasteiger partial charge in [-0.2, -0.15) is 5.10 Å². The van der Waals surface area contributed by atoms with Crippen LogP contribution in [0, 0.1) is 13.8 Å². The molecule has 0 unspecified atom stereocenters. The number of hydrogen-bond acceptors (Lipinski definition) is 3. The highest BCUT2D eigenvalue weighted by Gasteiger charge is 2.09. The molecule has 6 nitrogen and oxygen atoms in total. The van der Waals surface area contributed by atoms with Crippen molar-refractivity contribution in [2.75, 3.05) is 31.6 Å². The lowest BCUT2D eigenvalue weighted by atomic mass is 10.2. The Bertz CT molecular complexity index is 726. The van der Waals surface area contributed by atoms with Gasteiger partial charge < -0.3 is 15.5 Å². The predicted octanol–water partition coefficient (Wildman–Crippen LogP) is 3.63. The second-order valence-electron chi connectivity index (χ2n) is 6.86. The van der Waals surface area contributed by atoms with E-state index in [9.17, 15) is 0 Å². The van der Waals surface area contributed by atoms with E-state index in [1.165, 1.54) is 16.9 Å². The highest BCUT2D eigenvalue weighted by Crippen LogP contribution is 2.13. The summed E-state index contributed by atoms with van der Waals surface area (Å²) in [5.74, 6) is 0.872. The third-order valence-corrected chi connectivity index (χ3v) is 4.81. The summed E-state index contributed by atoms with van der Waals surface area (Å²) in [6.45, 7) is 9.69. The molecular weight excluding hydrogens is 463 g/mol.